The molecular formula is C35H47NO3. The fourth-order valence-corrected chi connectivity index (χ4v) is 6.53. The highest BCUT2D eigenvalue weighted by Gasteiger charge is 2.41. The SMILES string of the molecule is CCC(CCC(CO)c1ccccc1)C(O)CCCN1CCC(C(O)(c2ccccc2)c2ccccc2)CC1. The third-order valence-corrected chi connectivity index (χ3v) is 9.03. The number of nitrogens with zero attached hydrogens (tertiary/aromatic N) is 1. The molecule has 3 unspecified atom stereocenters. The summed E-state index contributed by atoms with van der Waals surface area (Å²) in [6, 6.07) is 30.5. The molecule has 4 nitrogen and oxygen atoms in total. The number of aliphatic hydroxyl groups is 3. The second-order valence-electron chi connectivity index (χ2n) is 11.4. The summed E-state index contributed by atoms with van der Waals surface area (Å²) >= 11 is 0. The van der Waals surface area contributed by atoms with Gasteiger partial charge < -0.3 is 20.2 Å². The molecule has 0 saturated carbocycles. The third kappa shape index (κ3) is 7.58. The molecule has 39 heavy (non-hydrogen) atoms. The zero-order valence-corrected chi connectivity index (χ0v) is 23.5. The highest BCUT2D eigenvalue weighted by atomic mass is 16.3. The fraction of sp³-hybridized carbons (Fsp3) is 0.486. The van der Waals surface area contributed by atoms with Crippen molar-refractivity contribution in [1.82, 2.24) is 4.90 Å². The zero-order valence-electron chi connectivity index (χ0n) is 23.5. The molecule has 0 aliphatic carbocycles. The number of hydrogen-bond donors (Lipinski definition) is 3. The van der Waals surface area contributed by atoms with Gasteiger partial charge in [0.2, 0.25) is 0 Å². The van der Waals surface area contributed by atoms with E-state index in [9.17, 15) is 15.3 Å². The molecule has 0 radical (unpaired) electrons. The van der Waals surface area contributed by atoms with Crippen LogP contribution in [0.5, 0.6) is 0 Å². The van der Waals surface area contributed by atoms with Gasteiger partial charge in [0.1, 0.15) is 5.60 Å². The van der Waals surface area contributed by atoms with Gasteiger partial charge in [0, 0.05) is 12.5 Å². The topological polar surface area (TPSA) is 63.9 Å². The normalized spacial score (nSPS) is 17.5. The molecule has 210 valence electrons. The fourth-order valence-electron chi connectivity index (χ4n) is 6.53. The van der Waals surface area contributed by atoms with Crippen molar-refractivity contribution in [1.29, 1.82) is 0 Å². The Morgan fingerprint density at radius 3 is 1.85 bits per heavy atom. The minimum Gasteiger partial charge on any atom is -0.396 e. The Labute approximate surface area is 235 Å². The van der Waals surface area contributed by atoms with Gasteiger partial charge in [0.25, 0.3) is 0 Å². The van der Waals surface area contributed by atoms with Crippen LogP contribution in [0.2, 0.25) is 0 Å². The Hall–Kier alpha value is -2.50. The van der Waals surface area contributed by atoms with Crippen molar-refractivity contribution in [3.05, 3.63) is 108 Å². The van der Waals surface area contributed by atoms with Crippen molar-refractivity contribution in [2.24, 2.45) is 11.8 Å². The van der Waals surface area contributed by atoms with E-state index in [0.717, 1.165) is 75.7 Å². The van der Waals surface area contributed by atoms with Crippen LogP contribution < -0.4 is 0 Å². The molecule has 1 aliphatic heterocycles. The van der Waals surface area contributed by atoms with E-state index >= 15 is 0 Å². The van der Waals surface area contributed by atoms with Crippen LogP contribution in [0.3, 0.4) is 0 Å². The Balaban J connectivity index is 1.25. The third-order valence-electron chi connectivity index (χ3n) is 9.03. The molecule has 4 heteroatoms. The first-order valence-electron chi connectivity index (χ1n) is 15.0. The average Bonchev–Trinajstić information content (AvgIpc) is 3.00. The van der Waals surface area contributed by atoms with Crippen LogP contribution in [0.4, 0.5) is 0 Å². The lowest BCUT2D eigenvalue weighted by molar-refractivity contribution is -0.0149. The zero-order chi connectivity index (χ0) is 27.5. The number of benzene rings is 3. The van der Waals surface area contributed by atoms with Crippen LogP contribution in [0.1, 0.15) is 74.5 Å². The van der Waals surface area contributed by atoms with Gasteiger partial charge in [-0.05, 0) is 86.7 Å². The first-order valence-corrected chi connectivity index (χ1v) is 15.0. The Bertz CT molecular complexity index is 1030. The van der Waals surface area contributed by atoms with Crippen molar-refractivity contribution < 1.29 is 15.3 Å². The highest BCUT2D eigenvalue weighted by molar-refractivity contribution is 5.37. The average molecular weight is 530 g/mol. The highest BCUT2D eigenvalue weighted by Crippen LogP contribution is 2.42. The second-order valence-corrected chi connectivity index (χ2v) is 11.4. The lowest BCUT2D eigenvalue weighted by Gasteiger charge is -2.42. The van der Waals surface area contributed by atoms with Crippen molar-refractivity contribution >= 4 is 0 Å². The van der Waals surface area contributed by atoms with Gasteiger partial charge in [-0.3, -0.25) is 0 Å². The molecule has 3 atom stereocenters. The summed E-state index contributed by atoms with van der Waals surface area (Å²) in [7, 11) is 0. The number of piperidine rings is 1. The second kappa shape index (κ2) is 14.8. The Morgan fingerprint density at radius 1 is 0.795 bits per heavy atom. The summed E-state index contributed by atoms with van der Waals surface area (Å²) in [6.45, 7) is 5.23. The van der Waals surface area contributed by atoms with Gasteiger partial charge in [-0.25, -0.2) is 0 Å². The number of likely N-dealkylation sites (tertiary alicyclic amines) is 1. The quantitative estimate of drug-likeness (QED) is 0.227. The molecule has 1 fully saturated rings. The predicted octanol–water partition coefficient (Wildman–Crippen LogP) is 6.36. The van der Waals surface area contributed by atoms with E-state index in [4.69, 9.17) is 0 Å². The van der Waals surface area contributed by atoms with E-state index in [1.54, 1.807) is 0 Å². The molecule has 0 aromatic heterocycles. The molecule has 0 amide bonds. The van der Waals surface area contributed by atoms with Gasteiger partial charge in [-0.2, -0.15) is 0 Å². The van der Waals surface area contributed by atoms with Crippen molar-refractivity contribution in [3.63, 3.8) is 0 Å². The van der Waals surface area contributed by atoms with Crippen molar-refractivity contribution in [2.75, 3.05) is 26.2 Å². The minimum absolute atomic E-state index is 0.138. The van der Waals surface area contributed by atoms with Crippen LogP contribution >= 0.6 is 0 Å². The lowest BCUT2D eigenvalue weighted by Crippen LogP contribution is -2.44. The van der Waals surface area contributed by atoms with Gasteiger partial charge in [0.05, 0.1) is 6.10 Å². The summed E-state index contributed by atoms with van der Waals surface area (Å²) < 4.78 is 0. The summed E-state index contributed by atoms with van der Waals surface area (Å²) in [5.41, 5.74) is 2.14. The molecule has 1 aliphatic rings. The van der Waals surface area contributed by atoms with Crippen LogP contribution in [0.25, 0.3) is 0 Å². The molecule has 3 aromatic rings. The summed E-state index contributed by atoms with van der Waals surface area (Å²) in [5, 5.41) is 33.0. The van der Waals surface area contributed by atoms with E-state index in [2.05, 4.69) is 24.0 Å². The van der Waals surface area contributed by atoms with E-state index in [0.29, 0.717) is 0 Å². The Kier molecular flexibility index (Phi) is 11.2. The van der Waals surface area contributed by atoms with E-state index in [1.165, 1.54) is 5.56 Å². The van der Waals surface area contributed by atoms with Crippen molar-refractivity contribution in [2.45, 2.75) is 69.5 Å². The molecule has 3 N–H and O–H groups in total. The van der Waals surface area contributed by atoms with Gasteiger partial charge in [0.15, 0.2) is 0 Å². The van der Waals surface area contributed by atoms with E-state index in [-0.39, 0.29) is 30.5 Å². The molecule has 1 heterocycles. The molecule has 3 aromatic carbocycles. The monoisotopic (exact) mass is 529 g/mol. The smallest absolute Gasteiger partial charge is 0.117 e. The maximum absolute atomic E-state index is 12.1. The molecular weight excluding hydrogens is 482 g/mol. The summed E-state index contributed by atoms with van der Waals surface area (Å²) in [5.74, 6) is 0.567. The predicted molar refractivity (Wildman–Crippen MR) is 160 cm³/mol. The van der Waals surface area contributed by atoms with Gasteiger partial charge in [-0.15, -0.1) is 0 Å². The van der Waals surface area contributed by atoms with Crippen LogP contribution in [-0.4, -0.2) is 52.6 Å². The number of hydrogen-bond acceptors (Lipinski definition) is 4. The van der Waals surface area contributed by atoms with Crippen LogP contribution in [-0.2, 0) is 5.60 Å². The standard InChI is InChI=1S/C35H47NO3/c1-2-28(20-21-30(27-37)29-13-6-3-7-14-29)34(38)19-12-24-36-25-22-33(23-26-36)35(39,31-15-8-4-9-16-31)32-17-10-5-11-18-32/h3-11,13-18,28,30,33-34,37-39H,2,12,19-27H2,1H3. The largest absolute Gasteiger partial charge is 0.396 e. The molecule has 1 saturated heterocycles. The van der Waals surface area contributed by atoms with Crippen LogP contribution in [0.15, 0.2) is 91.0 Å². The summed E-state index contributed by atoms with van der Waals surface area (Å²) in [4.78, 5) is 2.50. The maximum atomic E-state index is 12.1. The van der Waals surface area contributed by atoms with Gasteiger partial charge >= 0.3 is 0 Å². The minimum atomic E-state index is -0.981. The molecule has 0 bridgehead atoms. The first-order chi connectivity index (χ1) is 19.1. The first kappa shape index (κ1) is 29.5. The summed E-state index contributed by atoms with van der Waals surface area (Å²) in [6.07, 6.45) is 6.17. The van der Waals surface area contributed by atoms with Gasteiger partial charge in [-0.1, -0.05) is 104 Å². The molecule has 4 rings (SSSR count). The Morgan fingerprint density at radius 2 is 1.33 bits per heavy atom. The van der Waals surface area contributed by atoms with Crippen LogP contribution in [0, 0.1) is 11.8 Å². The maximum Gasteiger partial charge on any atom is 0.117 e. The lowest BCUT2D eigenvalue weighted by atomic mass is 9.72. The van der Waals surface area contributed by atoms with E-state index in [1.807, 2.05) is 78.9 Å². The van der Waals surface area contributed by atoms with Crippen molar-refractivity contribution in [3.8, 4) is 0 Å². The number of aliphatic hydroxyl groups excluding tert-OH is 2. The number of rotatable bonds is 14. The van der Waals surface area contributed by atoms with E-state index < -0.39 is 5.60 Å². The molecule has 0 spiro atoms.